The summed E-state index contributed by atoms with van der Waals surface area (Å²) < 4.78 is 7.59. The smallest absolute Gasteiger partial charge is 0.298 e. The number of para-hydroxylation sites is 1. The number of nitrogens with zero attached hydrogens (tertiary/aromatic N) is 2. The normalized spacial score (nSPS) is 11.0. The molecule has 0 unspecified atom stereocenters. The summed E-state index contributed by atoms with van der Waals surface area (Å²) in [5.74, 6) is -0.994. The van der Waals surface area contributed by atoms with Crippen molar-refractivity contribution < 1.29 is 18.9 Å². The molecular weight excluding hydrogens is 454 g/mol. The van der Waals surface area contributed by atoms with Gasteiger partial charge in [-0.15, -0.1) is 0 Å². The van der Waals surface area contributed by atoms with E-state index in [1.54, 1.807) is 37.3 Å². The largest absolute Gasteiger partial charge is 0.451 e. The van der Waals surface area contributed by atoms with Gasteiger partial charge in [-0.3, -0.25) is 24.3 Å². The number of carbonyl (C=O) groups excluding carboxylic acids is 2. The van der Waals surface area contributed by atoms with Crippen LogP contribution in [0.2, 0.25) is 0 Å². The summed E-state index contributed by atoms with van der Waals surface area (Å²) in [6, 6.07) is 14.4. The van der Waals surface area contributed by atoms with E-state index in [2.05, 4.69) is 15.9 Å². The number of hydrogen-bond acceptors (Lipinski definition) is 5. The van der Waals surface area contributed by atoms with Crippen molar-refractivity contribution in [2.24, 2.45) is 5.73 Å². The molecule has 4 aromatic rings. The second-order valence-corrected chi connectivity index (χ2v) is 7.48. The van der Waals surface area contributed by atoms with Gasteiger partial charge in [0.15, 0.2) is 5.76 Å². The lowest BCUT2D eigenvalue weighted by Gasteiger charge is -2.05. The van der Waals surface area contributed by atoms with Crippen molar-refractivity contribution in [2.45, 2.75) is 6.92 Å². The highest BCUT2D eigenvalue weighted by Crippen LogP contribution is 2.34. The van der Waals surface area contributed by atoms with E-state index in [0.29, 0.717) is 21.1 Å². The van der Waals surface area contributed by atoms with Crippen LogP contribution in [-0.2, 0) is 0 Å². The Balaban J connectivity index is 1.83. The van der Waals surface area contributed by atoms with Crippen LogP contribution < -0.4 is 5.73 Å². The number of nitrogens with two attached hydrogens (primary N) is 1. The molecule has 0 atom stereocenters. The monoisotopic (exact) mass is 467 g/mol. The topological polar surface area (TPSA) is 121 Å². The first-order valence-corrected chi connectivity index (χ1v) is 9.57. The molecule has 8 nitrogen and oxygen atoms in total. The molecule has 0 bridgehead atoms. The predicted octanol–water partition coefficient (Wildman–Crippen LogP) is 4.67. The first kappa shape index (κ1) is 19.6. The van der Waals surface area contributed by atoms with Crippen LogP contribution in [0, 0.1) is 17.0 Å². The number of amides is 1. The second kappa shape index (κ2) is 7.27. The maximum Gasteiger partial charge on any atom is 0.298 e. The third kappa shape index (κ3) is 3.09. The summed E-state index contributed by atoms with van der Waals surface area (Å²) in [5.41, 5.74) is 6.77. The van der Waals surface area contributed by atoms with Gasteiger partial charge in [-0.1, -0.05) is 34.1 Å². The van der Waals surface area contributed by atoms with Crippen LogP contribution in [-0.4, -0.2) is 21.3 Å². The number of furan rings is 1. The number of rotatable bonds is 4. The molecule has 1 amide bonds. The average Bonchev–Trinajstić information content (AvgIpc) is 3.29. The molecule has 2 heterocycles. The number of hydrogen-bond donors (Lipinski definition) is 1. The first-order valence-electron chi connectivity index (χ1n) is 8.78. The summed E-state index contributed by atoms with van der Waals surface area (Å²) >= 11 is 3.21. The zero-order valence-corrected chi connectivity index (χ0v) is 17.2. The van der Waals surface area contributed by atoms with Crippen molar-refractivity contribution in [3.8, 4) is 11.3 Å². The molecule has 0 saturated carbocycles. The van der Waals surface area contributed by atoms with Crippen LogP contribution in [0.3, 0.4) is 0 Å². The van der Waals surface area contributed by atoms with Gasteiger partial charge in [-0.05, 0) is 37.3 Å². The predicted molar refractivity (Wildman–Crippen MR) is 113 cm³/mol. The van der Waals surface area contributed by atoms with Crippen LogP contribution in [0.5, 0.6) is 0 Å². The Labute approximate surface area is 178 Å². The molecule has 0 radical (unpaired) electrons. The van der Waals surface area contributed by atoms with Gasteiger partial charge in [0.1, 0.15) is 5.76 Å². The lowest BCUT2D eigenvalue weighted by molar-refractivity contribution is -0.384. The van der Waals surface area contributed by atoms with Gasteiger partial charge in [0, 0.05) is 21.6 Å². The Morgan fingerprint density at radius 3 is 2.57 bits per heavy atom. The molecule has 2 N–H and O–H groups in total. The number of benzene rings is 2. The number of aromatic nitrogens is 1. The highest BCUT2D eigenvalue weighted by molar-refractivity contribution is 9.10. The van der Waals surface area contributed by atoms with Gasteiger partial charge in [-0.2, -0.15) is 0 Å². The number of primary amides is 1. The third-order valence-electron chi connectivity index (χ3n) is 4.80. The Morgan fingerprint density at radius 2 is 1.87 bits per heavy atom. The lowest BCUT2D eigenvalue weighted by Crippen LogP contribution is -2.16. The Hall–Kier alpha value is -3.72. The summed E-state index contributed by atoms with van der Waals surface area (Å²) in [4.78, 5) is 36.0. The van der Waals surface area contributed by atoms with Gasteiger partial charge < -0.3 is 10.2 Å². The molecule has 2 aromatic carbocycles. The van der Waals surface area contributed by atoms with E-state index in [9.17, 15) is 19.7 Å². The molecule has 0 aliphatic heterocycles. The van der Waals surface area contributed by atoms with Crippen molar-refractivity contribution in [3.05, 3.63) is 86.2 Å². The van der Waals surface area contributed by atoms with Crippen LogP contribution in [0.25, 0.3) is 22.2 Å². The maximum atomic E-state index is 13.2. The van der Waals surface area contributed by atoms with Crippen LogP contribution in [0.15, 0.2) is 63.5 Å². The van der Waals surface area contributed by atoms with Crippen molar-refractivity contribution >= 4 is 44.3 Å². The van der Waals surface area contributed by atoms with E-state index in [1.165, 1.54) is 28.8 Å². The van der Waals surface area contributed by atoms with Crippen LogP contribution in [0.4, 0.5) is 5.69 Å². The molecule has 0 saturated heterocycles. The third-order valence-corrected chi connectivity index (χ3v) is 5.29. The van der Waals surface area contributed by atoms with E-state index in [4.69, 9.17) is 10.2 Å². The minimum atomic E-state index is -0.638. The zero-order chi connectivity index (χ0) is 21.6. The summed E-state index contributed by atoms with van der Waals surface area (Å²) in [7, 11) is 0. The second-order valence-electron chi connectivity index (χ2n) is 6.56. The average molecular weight is 468 g/mol. The van der Waals surface area contributed by atoms with E-state index in [0.717, 1.165) is 0 Å². The number of halogens is 1. The van der Waals surface area contributed by atoms with Crippen molar-refractivity contribution in [3.63, 3.8) is 0 Å². The molecule has 150 valence electrons. The Morgan fingerprint density at radius 1 is 1.13 bits per heavy atom. The zero-order valence-electron chi connectivity index (χ0n) is 15.6. The molecule has 30 heavy (non-hydrogen) atoms. The molecule has 0 aliphatic rings. The van der Waals surface area contributed by atoms with Gasteiger partial charge in [-0.25, -0.2) is 0 Å². The fourth-order valence-electron chi connectivity index (χ4n) is 3.51. The van der Waals surface area contributed by atoms with E-state index >= 15 is 0 Å². The first-order chi connectivity index (χ1) is 14.3. The molecule has 9 heteroatoms. The van der Waals surface area contributed by atoms with E-state index in [-0.39, 0.29) is 28.3 Å². The van der Waals surface area contributed by atoms with Gasteiger partial charge >= 0.3 is 0 Å². The number of carbonyl (C=O) groups is 2. The number of nitro groups is 1. The highest BCUT2D eigenvalue weighted by Gasteiger charge is 2.25. The van der Waals surface area contributed by atoms with Crippen LogP contribution in [0.1, 0.15) is 26.6 Å². The minimum absolute atomic E-state index is 0.0258. The molecule has 4 rings (SSSR count). The number of nitro benzene ring substituents is 1. The van der Waals surface area contributed by atoms with E-state index in [1.807, 2.05) is 0 Å². The van der Waals surface area contributed by atoms with Crippen molar-refractivity contribution in [2.75, 3.05) is 0 Å². The van der Waals surface area contributed by atoms with Gasteiger partial charge in [0.25, 0.3) is 17.5 Å². The van der Waals surface area contributed by atoms with Gasteiger partial charge in [0.2, 0.25) is 0 Å². The van der Waals surface area contributed by atoms with Crippen molar-refractivity contribution in [1.29, 1.82) is 0 Å². The van der Waals surface area contributed by atoms with Crippen molar-refractivity contribution in [1.82, 2.24) is 4.57 Å². The molecule has 2 aromatic heterocycles. The molecule has 0 fully saturated rings. The fraction of sp³-hybridized carbons (Fsp3) is 0.0476. The Bertz CT molecular complexity index is 1350. The lowest BCUT2D eigenvalue weighted by atomic mass is 10.1. The minimum Gasteiger partial charge on any atom is -0.451 e. The van der Waals surface area contributed by atoms with Gasteiger partial charge in [0.05, 0.1) is 21.6 Å². The van der Waals surface area contributed by atoms with Crippen LogP contribution >= 0.6 is 15.9 Å². The fourth-order valence-corrected chi connectivity index (χ4v) is 3.86. The highest BCUT2D eigenvalue weighted by atomic mass is 79.9. The van der Waals surface area contributed by atoms with E-state index < -0.39 is 16.7 Å². The molecule has 0 aliphatic carbocycles. The Kier molecular flexibility index (Phi) is 4.75. The standard InChI is InChI=1S/C21H14BrN3O5/c1-11-19(20(23)26)14-4-2-3-5-15(14)24(11)21(27)18-9-8-17(30-18)13-7-6-12(22)10-16(13)25(28)29/h2-10H,1H3,(H2,23,26). The summed E-state index contributed by atoms with van der Waals surface area (Å²) in [6.45, 7) is 1.63. The summed E-state index contributed by atoms with van der Waals surface area (Å²) in [6.07, 6.45) is 0. The SMILES string of the molecule is Cc1c(C(N)=O)c2ccccc2n1C(=O)c1ccc(-c2ccc(Br)cc2[N+](=O)[O-])o1. The maximum absolute atomic E-state index is 13.2. The quantitative estimate of drug-likeness (QED) is 0.345. The summed E-state index contributed by atoms with van der Waals surface area (Å²) in [5, 5.41) is 12.0. The number of fused-ring (bicyclic) bond motifs is 1. The molecule has 0 spiro atoms. The molecular formula is C21H14BrN3O5.